The lowest BCUT2D eigenvalue weighted by Crippen LogP contribution is -2.25. The van der Waals surface area contributed by atoms with Crippen LogP contribution in [-0.4, -0.2) is 44.7 Å². The molecule has 23 heavy (non-hydrogen) atoms. The van der Waals surface area contributed by atoms with Crippen molar-refractivity contribution >= 4 is 5.97 Å². The molecule has 0 aliphatic heterocycles. The number of rotatable bonds is 15. The van der Waals surface area contributed by atoms with Crippen LogP contribution >= 0.6 is 0 Å². The molecule has 0 amide bonds. The first-order valence-electron chi connectivity index (χ1n) is 8.91. The molecule has 0 spiro atoms. The molecular formula is C18H34O5. The second-order valence-corrected chi connectivity index (χ2v) is 6.24. The average molecular weight is 330 g/mol. The number of unbranched alkanes of at least 4 members (excludes halogenated alkanes) is 4. The Morgan fingerprint density at radius 2 is 1.43 bits per heavy atom. The van der Waals surface area contributed by atoms with E-state index in [4.69, 9.17) is 5.11 Å². The Hall–Kier alpha value is -0.910. The van der Waals surface area contributed by atoms with Gasteiger partial charge in [0.25, 0.3) is 0 Å². The predicted octanol–water partition coefficient (Wildman–Crippen LogP) is 3.02. The molecule has 0 aromatic rings. The number of aliphatic hydroxyl groups is 3. The van der Waals surface area contributed by atoms with E-state index in [-0.39, 0.29) is 6.10 Å². The van der Waals surface area contributed by atoms with Gasteiger partial charge in [-0.1, -0.05) is 45.1 Å². The molecule has 3 atom stereocenters. The van der Waals surface area contributed by atoms with Gasteiger partial charge in [0.2, 0.25) is 0 Å². The highest BCUT2D eigenvalue weighted by Gasteiger charge is 2.15. The molecule has 0 aliphatic rings. The number of aliphatic carboxylic acids is 1. The van der Waals surface area contributed by atoms with Gasteiger partial charge in [0.1, 0.15) is 0 Å². The summed E-state index contributed by atoms with van der Waals surface area (Å²) in [7, 11) is 0. The molecule has 0 fully saturated rings. The molecule has 136 valence electrons. The zero-order valence-electron chi connectivity index (χ0n) is 14.4. The van der Waals surface area contributed by atoms with Crippen LogP contribution in [0.15, 0.2) is 12.2 Å². The maximum absolute atomic E-state index is 10.3. The Morgan fingerprint density at radius 3 is 2.00 bits per heavy atom. The summed E-state index contributed by atoms with van der Waals surface area (Å²) < 4.78 is 0. The molecule has 0 aliphatic carbocycles. The van der Waals surface area contributed by atoms with Crippen molar-refractivity contribution in [2.24, 2.45) is 0 Å². The maximum Gasteiger partial charge on any atom is 0.327 e. The lowest BCUT2D eigenvalue weighted by atomic mass is 9.99. The minimum absolute atomic E-state index is 0.239. The highest BCUT2D eigenvalue weighted by Crippen LogP contribution is 2.14. The Bertz CT molecular complexity index is 317. The van der Waals surface area contributed by atoms with Crippen LogP contribution in [0.5, 0.6) is 0 Å². The normalized spacial score (nSPS) is 15.7. The lowest BCUT2D eigenvalue weighted by molar-refractivity contribution is -0.131. The van der Waals surface area contributed by atoms with E-state index >= 15 is 0 Å². The molecule has 0 saturated heterocycles. The monoisotopic (exact) mass is 330 g/mol. The van der Waals surface area contributed by atoms with Gasteiger partial charge in [-0.05, 0) is 38.5 Å². The number of hydrogen-bond donors (Lipinski definition) is 4. The molecule has 5 nitrogen and oxygen atoms in total. The molecule has 0 bridgehead atoms. The second kappa shape index (κ2) is 14.7. The third-order valence-electron chi connectivity index (χ3n) is 3.98. The van der Waals surface area contributed by atoms with Gasteiger partial charge in [0.05, 0.1) is 18.3 Å². The minimum atomic E-state index is -0.925. The predicted molar refractivity (Wildman–Crippen MR) is 91.3 cm³/mol. The summed E-state index contributed by atoms with van der Waals surface area (Å²) in [5.41, 5.74) is 0. The Kier molecular flexibility index (Phi) is 14.1. The van der Waals surface area contributed by atoms with E-state index in [0.717, 1.165) is 63.9 Å². The van der Waals surface area contributed by atoms with Gasteiger partial charge < -0.3 is 20.4 Å². The van der Waals surface area contributed by atoms with Crippen molar-refractivity contribution in [2.45, 2.75) is 95.9 Å². The summed E-state index contributed by atoms with van der Waals surface area (Å²) in [5, 5.41) is 37.8. The third-order valence-corrected chi connectivity index (χ3v) is 3.98. The molecule has 5 heteroatoms. The van der Waals surface area contributed by atoms with Crippen molar-refractivity contribution in [3.63, 3.8) is 0 Å². The Balaban J connectivity index is 3.55. The smallest absolute Gasteiger partial charge is 0.327 e. The third kappa shape index (κ3) is 14.4. The van der Waals surface area contributed by atoms with Crippen LogP contribution in [0.2, 0.25) is 0 Å². The van der Waals surface area contributed by atoms with E-state index in [2.05, 4.69) is 0 Å². The number of aliphatic hydroxyl groups excluding tert-OH is 3. The number of carboxylic acid groups (broad SMARTS) is 1. The topological polar surface area (TPSA) is 98.0 Å². The summed E-state index contributed by atoms with van der Waals surface area (Å²) in [5.74, 6) is -0.925. The minimum Gasteiger partial charge on any atom is -0.478 e. The molecular weight excluding hydrogens is 296 g/mol. The fourth-order valence-electron chi connectivity index (χ4n) is 2.57. The van der Waals surface area contributed by atoms with Crippen LogP contribution in [0.3, 0.4) is 0 Å². The molecule has 3 unspecified atom stereocenters. The van der Waals surface area contributed by atoms with Gasteiger partial charge in [-0.2, -0.15) is 0 Å². The van der Waals surface area contributed by atoms with E-state index < -0.39 is 18.2 Å². The SMILES string of the molecule is CCCC(O)CCCCC(O)C(O)CCCCCC=CC(=O)O. The Labute approximate surface area is 140 Å². The molecule has 0 aromatic heterocycles. The van der Waals surface area contributed by atoms with Crippen LogP contribution < -0.4 is 0 Å². The van der Waals surface area contributed by atoms with E-state index in [1.165, 1.54) is 0 Å². The van der Waals surface area contributed by atoms with E-state index in [1.807, 2.05) is 6.92 Å². The number of hydrogen-bond acceptors (Lipinski definition) is 4. The standard InChI is InChI=1S/C18H34O5/c1-2-10-15(19)11-8-9-13-17(21)16(20)12-6-4-3-5-7-14-18(22)23/h7,14-17,19-21H,2-6,8-13H2,1H3,(H,22,23). The summed E-state index contributed by atoms with van der Waals surface area (Å²) in [4.78, 5) is 10.3. The van der Waals surface area contributed by atoms with Gasteiger partial charge in [0.15, 0.2) is 0 Å². The second-order valence-electron chi connectivity index (χ2n) is 6.24. The van der Waals surface area contributed by atoms with Crippen molar-refractivity contribution < 1.29 is 25.2 Å². The van der Waals surface area contributed by atoms with Crippen LogP contribution in [0.1, 0.15) is 77.6 Å². The van der Waals surface area contributed by atoms with E-state index in [9.17, 15) is 20.1 Å². The van der Waals surface area contributed by atoms with Crippen molar-refractivity contribution in [3.8, 4) is 0 Å². The van der Waals surface area contributed by atoms with Crippen molar-refractivity contribution in [3.05, 3.63) is 12.2 Å². The van der Waals surface area contributed by atoms with Crippen LogP contribution in [-0.2, 0) is 4.79 Å². The first-order valence-corrected chi connectivity index (χ1v) is 8.91. The van der Waals surface area contributed by atoms with Crippen molar-refractivity contribution in [1.29, 1.82) is 0 Å². The quantitative estimate of drug-likeness (QED) is 0.273. The highest BCUT2D eigenvalue weighted by molar-refractivity contribution is 5.79. The number of carboxylic acids is 1. The fraction of sp³-hybridized carbons (Fsp3) is 0.833. The lowest BCUT2D eigenvalue weighted by Gasteiger charge is -2.18. The first-order chi connectivity index (χ1) is 11.0. The molecule has 4 N–H and O–H groups in total. The summed E-state index contributed by atoms with van der Waals surface area (Å²) in [6.07, 6.45) is 9.94. The van der Waals surface area contributed by atoms with Crippen molar-refractivity contribution in [2.75, 3.05) is 0 Å². The molecule has 0 heterocycles. The van der Waals surface area contributed by atoms with Crippen LogP contribution in [0.25, 0.3) is 0 Å². The summed E-state index contributed by atoms with van der Waals surface area (Å²) in [6.45, 7) is 2.05. The largest absolute Gasteiger partial charge is 0.478 e. The molecule has 0 rings (SSSR count). The van der Waals surface area contributed by atoms with E-state index in [0.29, 0.717) is 12.8 Å². The summed E-state index contributed by atoms with van der Waals surface area (Å²) in [6, 6.07) is 0. The zero-order valence-corrected chi connectivity index (χ0v) is 14.4. The fourth-order valence-corrected chi connectivity index (χ4v) is 2.57. The zero-order chi connectivity index (χ0) is 17.5. The van der Waals surface area contributed by atoms with Crippen LogP contribution in [0, 0.1) is 0 Å². The van der Waals surface area contributed by atoms with Gasteiger partial charge in [-0.15, -0.1) is 0 Å². The molecule has 0 radical (unpaired) electrons. The maximum atomic E-state index is 10.3. The van der Waals surface area contributed by atoms with Crippen LogP contribution in [0.4, 0.5) is 0 Å². The molecule has 0 saturated carbocycles. The van der Waals surface area contributed by atoms with Gasteiger partial charge >= 0.3 is 5.97 Å². The average Bonchev–Trinajstić information content (AvgIpc) is 2.50. The van der Waals surface area contributed by atoms with Crippen molar-refractivity contribution in [1.82, 2.24) is 0 Å². The van der Waals surface area contributed by atoms with E-state index in [1.54, 1.807) is 6.08 Å². The van der Waals surface area contributed by atoms with Gasteiger partial charge in [-0.3, -0.25) is 0 Å². The highest BCUT2D eigenvalue weighted by atomic mass is 16.4. The first kappa shape index (κ1) is 22.1. The number of allylic oxidation sites excluding steroid dienone is 1. The molecule has 0 aromatic carbocycles. The van der Waals surface area contributed by atoms with Gasteiger partial charge in [-0.25, -0.2) is 4.79 Å². The number of carbonyl (C=O) groups is 1. The summed E-state index contributed by atoms with van der Waals surface area (Å²) >= 11 is 0. The Morgan fingerprint density at radius 1 is 0.870 bits per heavy atom. The van der Waals surface area contributed by atoms with Gasteiger partial charge in [0, 0.05) is 6.08 Å².